The van der Waals surface area contributed by atoms with Gasteiger partial charge in [0.15, 0.2) is 0 Å². The normalized spacial score (nSPS) is 14.4. The molecule has 0 radical (unpaired) electrons. The second kappa shape index (κ2) is 9.28. The first-order chi connectivity index (χ1) is 14.3. The molecule has 0 N–H and O–H groups in total. The number of rotatable bonds is 6. The quantitative estimate of drug-likeness (QED) is 0.574. The highest BCUT2D eigenvalue weighted by Crippen LogP contribution is 2.17. The van der Waals surface area contributed by atoms with Gasteiger partial charge in [0.05, 0.1) is 19.3 Å². The van der Waals surface area contributed by atoms with E-state index in [0.717, 1.165) is 37.5 Å². The Morgan fingerprint density at radius 1 is 0.828 bits per heavy atom. The van der Waals surface area contributed by atoms with Crippen molar-refractivity contribution in [3.8, 4) is 5.75 Å². The molecule has 0 spiro atoms. The number of benzene rings is 3. The molecule has 29 heavy (non-hydrogen) atoms. The fraction of sp³-hybridized carbons (Fsp3) is 0.240. The molecule has 0 amide bonds. The van der Waals surface area contributed by atoms with Crippen LogP contribution in [-0.4, -0.2) is 37.4 Å². The van der Waals surface area contributed by atoms with E-state index < -0.39 is 0 Å². The lowest BCUT2D eigenvalue weighted by Gasteiger charge is -2.34. The summed E-state index contributed by atoms with van der Waals surface area (Å²) in [5.41, 5.74) is 4.85. The van der Waals surface area contributed by atoms with Gasteiger partial charge in [-0.3, -0.25) is 5.01 Å². The van der Waals surface area contributed by atoms with Gasteiger partial charge in [0, 0.05) is 18.8 Å². The number of nitrogens with zero attached hydrogens (tertiary/aromatic N) is 3. The van der Waals surface area contributed by atoms with Gasteiger partial charge in [-0.1, -0.05) is 48.0 Å². The Bertz CT molecular complexity index is 913. The highest BCUT2D eigenvalue weighted by Gasteiger charge is 2.15. The number of piperazine rings is 1. The van der Waals surface area contributed by atoms with Crippen molar-refractivity contribution in [1.82, 2.24) is 5.01 Å². The third-order valence-corrected chi connectivity index (χ3v) is 5.15. The van der Waals surface area contributed by atoms with E-state index in [2.05, 4.69) is 58.3 Å². The van der Waals surface area contributed by atoms with E-state index in [4.69, 9.17) is 4.74 Å². The average molecular weight is 386 g/mol. The molecular weight excluding hydrogens is 358 g/mol. The van der Waals surface area contributed by atoms with Crippen molar-refractivity contribution in [3.05, 3.63) is 95.6 Å². The topological polar surface area (TPSA) is 28.1 Å². The maximum Gasteiger partial charge on any atom is 0.119 e. The van der Waals surface area contributed by atoms with Crippen LogP contribution in [0, 0.1) is 6.92 Å². The largest absolute Gasteiger partial charge is 0.489 e. The summed E-state index contributed by atoms with van der Waals surface area (Å²) < 4.78 is 5.84. The zero-order chi connectivity index (χ0) is 19.9. The van der Waals surface area contributed by atoms with Crippen LogP contribution in [0.3, 0.4) is 0 Å². The Hall–Kier alpha value is -3.27. The van der Waals surface area contributed by atoms with Crippen LogP contribution in [0.1, 0.15) is 16.7 Å². The summed E-state index contributed by atoms with van der Waals surface area (Å²) in [6.07, 6.45) is 1.93. The molecule has 4 heteroatoms. The van der Waals surface area contributed by atoms with Gasteiger partial charge in [-0.05, 0) is 54.4 Å². The van der Waals surface area contributed by atoms with Crippen LogP contribution in [0.2, 0.25) is 0 Å². The van der Waals surface area contributed by atoms with Crippen LogP contribution in [0.4, 0.5) is 5.69 Å². The van der Waals surface area contributed by atoms with E-state index in [-0.39, 0.29) is 0 Å². The second-order valence-electron chi connectivity index (χ2n) is 7.36. The minimum absolute atomic E-state index is 0.583. The van der Waals surface area contributed by atoms with Crippen molar-refractivity contribution < 1.29 is 4.74 Å². The monoisotopic (exact) mass is 385 g/mol. The summed E-state index contributed by atoms with van der Waals surface area (Å²) in [6, 6.07) is 27.1. The van der Waals surface area contributed by atoms with Crippen molar-refractivity contribution in [2.24, 2.45) is 5.10 Å². The van der Waals surface area contributed by atoms with E-state index in [1.165, 1.54) is 16.8 Å². The molecule has 4 nitrogen and oxygen atoms in total. The number of aryl methyl sites for hydroxylation is 1. The zero-order valence-corrected chi connectivity index (χ0v) is 16.9. The summed E-state index contributed by atoms with van der Waals surface area (Å²) in [7, 11) is 0. The number of hydrogen-bond donors (Lipinski definition) is 0. The van der Waals surface area contributed by atoms with Crippen LogP contribution in [-0.2, 0) is 6.61 Å². The first-order valence-corrected chi connectivity index (χ1v) is 10.1. The first kappa shape index (κ1) is 19.1. The summed E-state index contributed by atoms with van der Waals surface area (Å²) in [4.78, 5) is 2.42. The Morgan fingerprint density at radius 3 is 2.21 bits per heavy atom. The lowest BCUT2D eigenvalue weighted by Crippen LogP contribution is -2.44. The van der Waals surface area contributed by atoms with Gasteiger partial charge in [0.25, 0.3) is 0 Å². The molecule has 0 aromatic heterocycles. The Kier molecular flexibility index (Phi) is 6.10. The number of anilines is 1. The van der Waals surface area contributed by atoms with Crippen LogP contribution < -0.4 is 9.64 Å². The second-order valence-corrected chi connectivity index (χ2v) is 7.36. The third-order valence-electron chi connectivity index (χ3n) is 5.15. The maximum atomic E-state index is 5.84. The molecule has 148 valence electrons. The van der Waals surface area contributed by atoms with E-state index in [9.17, 15) is 0 Å². The van der Waals surface area contributed by atoms with Gasteiger partial charge < -0.3 is 9.64 Å². The molecule has 0 saturated carbocycles. The van der Waals surface area contributed by atoms with Crippen LogP contribution in [0.5, 0.6) is 5.75 Å². The Balaban J connectivity index is 1.25. The molecule has 0 bridgehead atoms. The average Bonchev–Trinajstić information content (AvgIpc) is 2.79. The molecule has 1 aliphatic rings. The van der Waals surface area contributed by atoms with Crippen molar-refractivity contribution in [3.63, 3.8) is 0 Å². The number of hydrogen-bond acceptors (Lipinski definition) is 4. The van der Waals surface area contributed by atoms with E-state index in [0.29, 0.717) is 6.61 Å². The molecule has 1 fully saturated rings. The third kappa shape index (κ3) is 5.38. The molecule has 1 aliphatic heterocycles. The molecule has 0 unspecified atom stereocenters. The number of ether oxygens (including phenoxy) is 1. The predicted molar refractivity (Wildman–Crippen MR) is 120 cm³/mol. The summed E-state index contributed by atoms with van der Waals surface area (Å²) in [6.45, 7) is 6.56. The lowest BCUT2D eigenvalue weighted by atomic mass is 10.2. The fourth-order valence-electron chi connectivity index (χ4n) is 3.36. The maximum absolute atomic E-state index is 5.84. The Labute approximate surface area is 173 Å². The van der Waals surface area contributed by atoms with E-state index in [1.807, 2.05) is 48.7 Å². The summed E-state index contributed by atoms with van der Waals surface area (Å²) >= 11 is 0. The minimum atomic E-state index is 0.583. The van der Waals surface area contributed by atoms with Gasteiger partial charge in [-0.2, -0.15) is 5.10 Å². The van der Waals surface area contributed by atoms with Crippen LogP contribution >= 0.6 is 0 Å². The molecule has 1 heterocycles. The highest BCUT2D eigenvalue weighted by atomic mass is 16.5. The van der Waals surface area contributed by atoms with Gasteiger partial charge >= 0.3 is 0 Å². The Morgan fingerprint density at radius 2 is 1.52 bits per heavy atom. The van der Waals surface area contributed by atoms with Gasteiger partial charge in [0.1, 0.15) is 12.4 Å². The van der Waals surface area contributed by atoms with Crippen LogP contribution in [0.15, 0.2) is 84.0 Å². The van der Waals surface area contributed by atoms with Gasteiger partial charge in [-0.15, -0.1) is 0 Å². The molecule has 4 rings (SSSR count). The summed E-state index contributed by atoms with van der Waals surface area (Å²) in [5.74, 6) is 0.873. The smallest absolute Gasteiger partial charge is 0.119 e. The van der Waals surface area contributed by atoms with Crippen molar-refractivity contribution in [1.29, 1.82) is 0 Å². The molecule has 3 aromatic rings. The fourth-order valence-corrected chi connectivity index (χ4v) is 3.36. The zero-order valence-electron chi connectivity index (χ0n) is 16.9. The first-order valence-electron chi connectivity index (χ1n) is 10.1. The lowest BCUT2D eigenvalue weighted by molar-refractivity contribution is 0.272. The molecule has 1 saturated heterocycles. The van der Waals surface area contributed by atoms with E-state index >= 15 is 0 Å². The number of hydrazone groups is 1. The van der Waals surface area contributed by atoms with Crippen molar-refractivity contribution >= 4 is 11.9 Å². The SMILES string of the molecule is Cc1ccc(N2CCN(/N=C\c3ccc(OCc4ccccc4)cc3)CC2)cc1. The summed E-state index contributed by atoms with van der Waals surface area (Å²) in [5, 5.41) is 6.80. The van der Waals surface area contributed by atoms with Gasteiger partial charge in [-0.25, -0.2) is 0 Å². The molecule has 0 aliphatic carbocycles. The standard InChI is InChI=1S/C25H27N3O/c1-21-7-11-24(12-8-21)27-15-17-28(18-16-27)26-19-22-9-13-25(14-10-22)29-20-23-5-3-2-4-6-23/h2-14,19H,15-18,20H2,1H3/b26-19-. The van der Waals surface area contributed by atoms with Gasteiger partial charge in [0.2, 0.25) is 0 Å². The van der Waals surface area contributed by atoms with Crippen molar-refractivity contribution in [2.45, 2.75) is 13.5 Å². The highest BCUT2D eigenvalue weighted by molar-refractivity contribution is 5.79. The van der Waals surface area contributed by atoms with Crippen molar-refractivity contribution in [2.75, 3.05) is 31.1 Å². The molecular formula is C25H27N3O. The molecule has 3 aromatic carbocycles. The molecule has 0 atom stereocenters. The van der Waals surface area contributed by atoms with Crippen LogP contribution in [0.25, 0.3) is 0 Å². The minimum Gasteiger partial charge on any atom is -0.489 e. The van der Waals surface area contributed by atoms with E-state index in [1.54, 1.807) is 0 Å². The predicted octanol–water partition coefficient (Wildman–Crippen LogP) is 4.73.